The minimum atomic E-state index is -0.103. The zero-order valence-electron chi connectivity index (χ0n) is 21.5. The number of para-hydroxylation sites is 2. The summed E-state index contributed by atoms with van der Waals surface area (Å²) in [6, 6.07) is 37.4. The second kappa shape index (κ2) is 10.7. The molecule has 4 aromatic rings. The first-order chi connectivity index (χ1) is 18.0. The predicted molar refractivity (Wildman–Crippen MR) is 149 cm³/mol. The normalized spacial score (nSPS) is 16.2. The molecule has 38 heavy (non-hydrogen) atoms. The van der Waals surface area contributed by atoms with Gasteiger partial charge in [0.2, 0.25) is 0 Å². The molecule has 0 saturated heterocycles. The van der Waals surface area contributed by atoms with Gasteiger partial charge in [-0.15, -0.1) is 54.4 Å². The van der Waals surface area contributed by atoms with Crippen LogP contribution in [-0.4, -0.2) is 11.9 Å². The molecule has 196 valence electrons. The van der Waals surface area contributed by atoms with Crippen molar-refractivity contribution < 1.29 is 25.2 Å². The summed E-state index contributed by atoms with van der Waals surface area (Å²) in [4.78, 5) is 8.49. The maximum absolute atomic E-state index is 6.23. The van der Waals surface area contributed by atoms with Gasteiger partial charge in [-0.1, -0.05) is 36.4 Å². The largest absolute Gasteiger partial charge is 0.509 e. The first kappa shape index (κ1) is 26.1. The second-order valence-electron chi connectivity index (χ2n) is 9.64. The summed E-state index contributed by atoms with van der Waals surface area (Å²) in [5.74, 6) is 1.27. The average Bonchev–Trinajstić information content (AvgIpc) is 3.42. The Kier molecular flexibility index (Phi) is 7.32. The fourth-order valence-corrected chi connectivity index (χ4v) is 4.61. The molecule has 0 atom stereocenters. The molecule has 4 aromatic carbocycles. The summed E-state index contributed by atoms with van der Waals surface area (Å²) in [5, 5.41) is 0. The fourth-order valence-electron chi connectivity index (χ4n) is 4.61. The van der Waals surface area contributed by atoms with E-state index in [0.29, 0.717) is 11.5 Å². The number of hydrogen-bond acceptors (Lipinski definition) is 5. The van der Waals surface area contributed by atoms with Crippen molar-refractivity contribution >= 4 is 22.7 Å². The van der Waals surface area contributed by atoms with Gasteiger partial charge in [-0.25, -0.2) is 0 Å². The molecule has 0 spiro atoms. The van der Waals surface area contributed by atoms with E-state index < -0.39 is 0 Å². The molecule has 0 radical (unpaired) electrons. The SMILES string of the molecule is CN1[CH-]N(c2[c-]c(Oc3[c-]c(N4C=CN(c5ccccc5)[CH-]4)ccc3)ccc2)c2ccccc2C1(C)C.[Pd]. The summed E-state index contributed by atoms with van der Waals surface area (Å²) in [5.41, 5.74) is 5.22. The Hall–Kier alpha value is -3.56. The monoisotopic (exact) mass is 590 g/mol. The quantitative estimate of drug-likeness (QED) is 0.178. The van der Waals surface area contributed by atoms with E-state index in [-0.39, 0.29) is 26.0 Å². The Morgan fingerprint density at radius 2 is 1.32 bits per heavy atom. The number of anilines is 4. The number of hydrogen-bond donors (Lipinski definition) is 0. The van der Waals surface area contributed by atoms with Gasteiger partial charge in [-0.05, 0) is 57.1 Å². The molecular formula is C32H28N4OPd-4. The third kappa shape index (κ3) is 4.96. The maximum Gasteiger partial charge on any atom is 0.0165 e. The van der Waals surface area contributed by atoms with Crippen molar-refractivity contribution in [2.45, 2.75) is 19.4 Å². The van der Waals surface area contributed by atoms with Crippen LogP contribution in [0.5, 0.6) is 11.5 Å². The van der Waals surface area contributed by atoms with Crippen LogP contribution in [0.15, 0.2) is 103 Å². The van der Waals surface area contributed by atoms with E-state index in [2.05, 4.69) is 96.9 Å². The molecule has 2 aliphatic heterocycles. The van der Waals surface area contributed by atoms with Gasteiger partial charge < -0.3 is 24.3 Å². The summed E-state index contributed by atoms with van der Waals surface area (Å²) < 4.78 is 6.23. The second-order valence-corrected chi connectivity index (χ2v) is 9.64. The number of fused-ring (bicyclic) bond motifs is 1. The van der Waals surface area contributed by atoms with E-state index in [9.17, 15) is 0 Å². The molecule has 2 aliphatic rings. The van der Waals surface area contributed by atoms with Gasteiger partial charge in [0, 0.05) is 48.8 Å². The Labute approximate surface area is 239 Å². The van der Waals surface area contributed by atoms with Crippen LogP contribution in [0.1, 0.15) is 19.4 Å². The van der Waals surface area contributed by atoms with Crippen LogP contribution in [0.2, 0.25) is 0 Å². The summed E-state index contributed by atoms with van der Waals surface area (Å²) in [6.07, 6.45) is 4.04. The molecule has 0 fully saturated rings. The molecule has 0 amide bonds. The van der Waals surface area contributed by atoms with Crippen molar-refractivity contribution in [3.8, 4) is 11.5 Å². The Balaban J connectivity index is 0.00000294. The zero-order valence-corrected chi connectivity index (χ0v) is 23.0. The third-order valence-electron chi connectivity index (χ3n) is 6.95. The molecule has 6 rings (SSSR count). The molecule has 0 N–H and O–H groups in total. The maximum atomic E-state index is 6.23. The van der Waals surface area contributed by atoms with Crippen LogP contribution in [0.4, 0.5) is 22.7 Å². The van der Waals surface area contributed by atoms with E-state index in [1.165, 1.54) is 5.56 Å². The van der Waals surface area contributed by atoms with Crippen LogP contribution in [0.3, 0.4) is 0 Å². The van der Waals surface area contributed by atoms with Crippen molar-refractivity contribution in [2.75, 3.05) is 21.7 Å². The molecule has 0 bridgehead atoms. The average molecular weight is 591 g/mol. The van der Waals surface area contributed by atoms with E-state index in [1.807, 2.05) is 72.5 Å². The van der Waals surface area contributed by atoms with Crippen LogP contribution >= 0.6 is 0 Å². The Bertz CT molecular complexity index is 1440. The zero-order chi connectivity index (χ0) is 25.4. The Morgan fingerprint density at radius 1 is 0.684 bits per heavy atom. The standard InChI is InChI=1S/C32H28N4O.Pd/c1-32(2)30-17-7-8-18-31(30)36(23-33(32)3)27-14-10-16-29(22-27)37-28-15-9-13-26(21-28)35-20-19-34(24-35)25-11-5-4-6-12-25;/h4-20,23-24H,1-3H3;/q-4;. The smallest absolute Gasteiger partial charge is 0.0165 e. The number of ether oxygens (including phenoxy) is 1. The molecule has 0 saturated carbocycles. The van der Waals surface area contributed by atoms with Gasteiger partial charge in [-0.3, -0.25) is 0 Å². The van der Waals surface area contributed by atoms with E-state index >= 15 is 0 Å². The molecular weight excluding hydrogens is 563 g/mol. The number of rotatable bonds is 5. The molecule has 0 aromatic heterocycles. The predicted octanol–water partition coefficient (Wildman–Crippen LogP) is 7.43. The summed E-state index contributed by atoms with van der Waals surface area (Å²) in [6.45, 7) is 8.62. The van der Waals surface area contributed by atoms with Gasteiger partial charge >= 0.3 is 0 Å². The van der Waals surface area contributed by atoms with Crippen LogP contribution in [-0.2, 0) is 26.0 Å². The van der Waals surface area contributed by atoms with Gasteiger partial charge in [-0.2, -0.15) is 18.8 Å². The molecule has 2 heterocycles. The van der Waals surface area contributed by atoms with Gasteiger partial charge in [0.25, 0.3) is 0 Å². The minimum absolute atomic E-state index is 0. The van der Waals surface area contributed by atoms with Gasteiger partial charge in [0.05, 0.1) is 0 Å². The summed E-state index contributed by atoms with van der Waals surface area (Å²) in [7, 11) is 2.10. The molecule has 6 heteroatoms. The van der Waals surface area contributed by atoms with E-state index in [1.54, 1.807) is 0 Å². The van der Waals surface area contributed by atoms with Gasteiger partial charge in [0.1, 0.15) is 0 Å². The topological polar surface area (TPSA) is 22.2 Å². The number of nitrogens with zero attached hydrogens (tertiary/aromatic N) is 4. The molecule has 0 unspecified atom stereocenters. The van der Waals surface area contributed by atoms with Crippen LogP contribution in [0, 0.1) is 25.5 Å². The van der Waals surface area contributed by atoms with Crippen molar-refractivity contribution in [3.05, 3.63) is 134 Å². The fraction of sp³-hybridized carbons (Fsp3) is 0.125. The first-order valence-corrected chi connectivity index (χ1v) is 12.3. The van der Waals surface area contributed by atoms with Crippen molar-refractivity contribution in [2.24, 2.45) is 0 Å². The summed E-state index contributed by atoms with van der Waals surface area (Å²) >= 11 is 0. The van der Waals surface area contributed by atoms with E-state index in [0.717, 1.165) is 22.7 Å². The van der Waals surface area contributed by atoms with Crippen molar-refractivity contribution in [3.63, 3.8) is 0 Å². The Morgan fingerprint density at radius 3 is 2.08 bits per heavy atom. The van der Waals surface area contributed by atoms with Crippen molar-refractivity contribution in [1.29, 1.82) is 0 Å². The van der Waals surface area contributed by atoms with Gasteiger partial charge in [0.15, 0.2) is 0 Å². The molecule has 5 nitrogen and oxygen atoms in total. The minimum Gasteiger partial charge on any atom is -0.509 e. The number of benzene rings is 4. The van der Waals surface area contributed by atoms with Crippen molar-refractivity contribution in [1.82, 2.24) is 4.90 Å². The first-order valence-electron chi connectivity index (χ1n) is 12.3. The van der Waals surface area contributed by atoms with E-state index in [4.69, 9.17) is 4.74 Å². The van der Waals surface area contributed by atoms with Crippen LogP contribution < -0.4 is 19.4 Å². The van der Waals surface area contributed by atoms with Crippen LogP contribution in [0.25, 0.3) is 0 Å². The molecule has 0 aliphatic carbocycles. The third-order valence-corrected chi connectivity index (χ3v) is 6.95.